The van der Waals surface area contributed by atoms with Crippen molar-refractivity contribution in [1.82, 2.24) is 14.9 Å². The van der Waals surface area contributed by atoms with E-state index in [1.807, 2.05) is 30.3 Å². The highest BCUT2D eigenvalue weighted by atomic mass is 16.5. The third-order valence-corrected chi connectivity index (χ3v) is 6.60. The quantitative estimate of drug-likeness (QED) is 0.238. The molecule has 1 N–H and O–H groups in total. The van der Waals surface area contributed by atoms with E-state index in [0.29, 0.717) is 30.4 Å². The van der Waals surface area contributed by atoms with Gasteiger partial charge in [0.25, 0.3) is 5.91 Å². The molecule has 0 saturated heterocycles. The molecular formula is C30H35N3O3. The Morgan fingerprint density at radius 2 is 1.75 bits per heavy atom. The van der Waals surface area contributed by atoms with E-state index in [9.17, 15) is 4.79 Å². The molecule has 0 fully saturated rings. The second-order valence-electron chi connectivity index (χ2n) is 8.99. The summed E-state index contributed by atoms with van der Waals surface area (Å²) in [6.45, 7) is 6.25. The van der Waals surface area contributed by atoms with Gasteiger partial charge in [-0.2, -0.15) is 0 Å². The molecule has 188 valence electrons. The number of unbranched alkanes of at least 4 members (excludes halogenated alkanes) is 1. The van der Waals surface area contributed by atoms with E-state index in [1.165, 1.54) is 5.56 Å². The normalized spacial score (nSPS) is 11.9. The molecule has 0 spiro atoms. The van der Waals surface area contributed by atoms with Gasteiger partial charge < -0.3 is 19.4 Å². The molecule has 3 aromatic carbocycles. The zero-order chi connectivity index (χ0) is 25.3. The van der Waals surface area contributed by atoms with Crippen molar-refractivity contribution in [2.75, 3.05) is 13.7 Å². The number of aromatic nitrogens is 2. The molecule has 4 rings (SSSR count). The predicted octanol–water partition coefficient (Wildman–Crippen LogP) is 6.35. The molecule has 1 heterocycles. The predicted molar refractivity (Wildman–Crippen MR) is 144 cm³/mol. The number of fused-ring (bicyclic) bond motifs is 1. The van der Waals surface area contributed by atoms with Crippen LogP contribution in [0.25, 0.3) is 11.0 Å². The molecule has 36 heavy (non-hydrogen) atoms. The number of carbonyl (C=O) groups is 1. The van der Waals surface area contributed by atoms with Gasteiger partial charge in [0.15, 0.2) is 0 Å². The minimum absolute atomic E-state index is 0.182. The number of methoxy groups -OCH3 is 1. The third-order valence-electron chi connectivity index (χ3n) is 6.60. The van der Waals surface area contributed by atoms with Crippen molar-refractivity contribution in [2.45, 2.75) is 52.1 Å². The monoisotopic (exact) mass is 485 g/mol. The van der Waals surface area contributed by atoms with Crippen LogP contribution in [0, 0.1) is 0 Å². The molecule has 4 aromatic rings. The van der Waals surface area contributed by atoms with Gasteiger partial charge in [0.05, 0.1) is 36.9 Å². The molecule has 0 bridgehead atoms. The number of para-hydroxylation sites is 3. The van der Waals surface area contributed by atoms with E-state index >= 15 is 0 Å². The maximum Gasteiger partial charge on any atom is 0.255 e. The van der Waals surface area contributed by atoms with Crippen molar-refractivity contribution in [3.05, 3.63) is 89.7 Å². The molecule has 0 aliphatic carbocycles. The zero-order valence-corrected chi connectivity index (χ0v) is 21.4. The summed E-state index contributed by atoms with van der Waals surface area (Å²) < 4.78 is 13.5. The van der Waals surface area contributed by atoms with E-state index in [-0.39, 0.29) is 5.91 Å². The van der Waals surface area contributed by atoms with Crippen LogP contribution >= 0.6 is 0 Å². The van der Waals surface area contributed by atoms with Crippen molar-refractivity contribution in [1.29, 1.82) is 0 Å². The molecular weight excluding hydrogens is 450 g/mol. The number of nitrogens with zero attached hydrogens (tertiary/aromatic N) is 2. The number of nitrogens with one attached hydrogen (secondary N) is 1. The van der Waals surface area contributed by atoms with Crippen molar-refractivity contribution in [2.24, 2.45) is 0 Å². The standard InChI is InChI=1S/C30H35N3O3/c1-4-22(2)23-15-17-24(18-16-23)36-20-10-9-19-33-27-13-7-6-12-26(27)32-29(33)21-31-30(34)25-11-5-8-14-28(25)35-3/h5-8,11-18,22H,4,9-10,19-21H2,1-3H3,(H,31,34). The third kappa shape index (κ3) is 6.06. The molecule has 0 radical (unpaired) electrons. The fraction of sp³-hybridized carbons (Fsp3) is 0.333. The Morgan fingerprint density at radius 3 is 2.53 bits per heavy atom. The van der Waals surface area contributed by atoms with Gasteiger partial charge in [-0.1, -0.05) is 50.2 Å². The maximum absolute atomic E-state index is 12.8. The van der Waals surface area contributed by atoms with Crippen LogP contribution in [0.15, 0.2) is 72.8 Å². The molecule has 0 saturated carbocycles. The highest BCUT2D eigenvalue weighted by molar-refractivity contribution is 5.96. The second kappa shape index (κ2) is 12.2. The number of imidazole rings is 1. The summed E-state index contributed by atoms with van der Waals surface area (Å²) in [6.07, 6.45) is 3.00. The zero-order valence-electron chi connectivity index (χ0n) is 21.4. The van der Waals surface area contributed by atoms with Crippen LogP contribution in [-0.4, -0.2) is 29.2 Å². The van der Waals surface area contributed by atoms with E-state index in [2.05, 4.69) is 54.1 Å². The van der Waals surface area contributed by atoms with Crippen LogP contribution in [0.1, 0.15) is 60.8 Å². The molecule has 1 amide bonds. The first-order valence-corrected chi connectivity index (χ1v) is 12.7. The van der Waals surface area contributed by atoms with E-state index in [0.717, 1.165) is 48.4 Å². The first kappa shape index (κ1) is 25.3. The Balaban J connectivity index is 1.35. The summed E-state index contributed by atoms with van der Waals surface area (Å²) in [4.78, 5) is 17.6. The number of aryl methyl sites for hydroxylation is 1. The molecule has 0 aliphatic rings. The lowest BCUT2D eigenvalue weighted by Crippen LogP contribution is -2.25. The van der Waals surface area contributed by atoms with Gasteiger partial charge in [0, 0.05) is 6.54 Å². The van der Waals surface area contributed by atoms with Crippen LogP contribution in [0.4, 0.5) is 0 Å². The van der Waals surface area contributed by atoms with Gasteiger partial charge in [-0.25, -0.2) is 4.98 Å². The van der Waals surface area contributed by atoms with Gasteiger partial charge >= 0.3 is 0 Å². The highest BCUT2D eigenvalue weighted by Gasteiger charge is 2.15. The topological polar surface area (TPSA) is 65.4 Å². The van der Waals surface area contributed by atoms with E-state index < -0.39 is 0 Å². The van der Waals surface area contributed by atoms with Crippen LogP contribution in [0.5, 0.6) is 11.5 Å². The maximum atomic E-state index is 12.8. The minimum atomic E-state index is -0.182. The van der Waals surface area contributed by atoms with Crippen LogP contribution in [0.3, 0.4) is 0 Å². The van der Waals surface area contributed by atoms with Gasteiger partial charge in [-0.05, 0) is 67.1 Å². The molecule has 1 unspecified atom stereocenters. The Labute approximate surface area is 213 Å². The number of hydrogen-bond acceptors (Lipinski definition) is 4. The first-order valence-electron chi connectivity index (χ1n) is 12.7. The average molecular weight is 486 g/mol. The molecule has 0 aliphatic heterocycles. The summed E-state index contributed by atoms with van der Waals surface area (Å²) >= 11 is 0. The van der Waals surface area contributed by atoms with Crippen molar-refractivity contribution in [3.63, 3.8) is 0 Å². The van der Waals surface area contributed by atoms with Crippen LogP contribution in [0.2, 0.25) is 0 Å². The lowest BCUT2D eigenvalue weighted by atomic mass is 9.99. The smallest absolute Gasteiger partial charge is 0.255 e. The van der Waals surface area contributed by atoms with Crippen LogP contribution in [-0.2, 0) is 13.1 Å². The van der Waals surface area contributed by atoms with Gasteiger partial charge in [0.2, 0.25) is 0 Å². The molecule has 6 heteroatoms. The average Bonchev–Trinajstić information content (AvgIpc) is 3.28. The van der Waals surface area contributed by atoms with Crippen molar-refractivity contribution in [3.8, 4) is 11.5 Å². The Kier molecular flexibility index (Phi) is 8.61. The Bertz CT molecular complexity index is 1280. The van der Waals surface area contributed by atoms with Crippen molar-refractivity contribution < 1.29 is 14.3 Å². The molecule has 6 nitrogen and oxygen atoms in total. The fourth-order valence-electron chi connectivity index (χ4n) is 4.29. The summed E-state index contributed by atoms with van der Waals surface area (Å²) in [5, 5.41) is 3.00. The minimum Gasteiger partial charge on any atom is -0.496 e. The summed E-state index contributed by atoms with van der Waals surface area (Å²) in [5.41, 5.74) is 3.86. The summed E-state index contributed by atoms with van der Waals surface area (Å²) in [5.74, 6) is 2.69. The lowest BCUT2D eigenvalue weighted by molar-refractivity contribution is 0.0946. The summed E-state index contributed by atoms with van der Waals surface area (Å²) in [7, 11) is 1.57. The highest BCUT2D eigenvalue weighted by Crippen LogP contribution is 2.22. The molecule has 1 atom stereocenters. The van der Waals surface area contributed by atoms with Gasteiger partial charge in [0.1, 0.15) is 17.3 Å². The van der Waals surface area contributed by atoms with Crippen LogP contribution < -0.4 is 14.8 Å². The number of ether oxygens (including phenoxy) is 2. The summed E-state index contributed by atoms with van der Waals surface area (Å²) in [6, 6.07) is 23.7. The fourth-order valence-corrected chi connectivity index (χ4v) is 4.29. The second-order valence-corrected chi connectivity index (χ2v) is 8.99. The molecule has 1 aromatic heterocycles. The largest absolute Gasteiger partial charge is 0.496 e. The Morgan fingerprint density at radius 1 is 1.00 bits per heavy atom. The van der Waals surface area contributed by atoms with Gasteiger partial charge in [-0.3, -0.25) is 4.79 Å². The number of amides is 1. The van der Waals surface area contributed by atoms with E-state index in [4.69, 9.17) is 14.5 Å². The van der Waals surface area contributed by atoms with Crippen molar-refractivity contribution >= 4 is 16.9 Å². The lowest BCUT2D eigenvalue weighted by Gasteiger charge is -2.12. The van der Waals surface area contributed by atoms with E-state index in [1.54, 1.807) is 19.2 Å². The number of hydrogen-bond donors (Lipinski definition) is 1. The van der Waals surface area contributed by atoms with Gasteiger partial charge in [-0.15, -0.1) is 0 Å². The Hall–Kier alpha value is -3.80. The number of rotatable bonds is 12. The number of benzene rings is 3. The first-order chi connectivity index (χ1) is 17.6. The SMILES string of the molecule is CCC(C)c1ccc(OCCCCn2c(CNC(=O)c3ccccc3OC)nc3ccccc32)cc1. The number of carbonyl (C=O) groups excluding carboxylic acids is 1.